The Hall–Kier alpha value is -1.53. The van der Waals surface area contributed by atoms with Gasteiger partial charge in [0.05, 0.1) is 18.7 Å². The summed E-state index contributed by atoms with van der Waals surface area (Å²) >= 11 is 0. The van der Waals surface area contributed by atoms with Gasteiger partial charge >= 0.3 is 0 Å². The molecule has 1 atom stereocenters. The van der Waals surface area contributed by atoms with Gasteiger partial charge in [-0.05, 0) is 44.0 Å². The minimum Gasteiger partial charge on any atom is -0.493 e. The largest absolute Gasteiger partial charge is 0.493 e. The van der Waals surface area contributed by atoms with Gasteiger partial charge < -0.3 is 10.1 Å². The predicted octanol–water partition coefficient (Wildman–Crippen LogP) is 2.96. The van der Waals surface area contributed by atoms with Gasteiger partial charge in [-0.25, -0.2) is 0 Å². The van der Waals surface area contributed by atoms with Crippen molar-refractivity contribution < 1.29 is 4.74 Å². The van der Waals surface area contributed by atoms with Gasteiger partial charge in [0.25, 0.3) is 0 Å². The number of ether oxygens (including phenoxy) is 1. The Morgan fingerprint density at radius 2 is 2.17 bits per heavy atom. The predicted molar refractivity (Wildman–Crippen MR) is 73.7 cm³/mol. The molecule has 0 aliphatic heterocycles. The number of hydrogen-bond donors (Lipinski definition) is 1. The average molecular weight is 246 g/mol. The molecular formula is C15H22N2O. The molecule has 3 heteroatoms. The summed E-state index contributed by atoms with van der Waals surface area (Å²) in [5.41, 5.74) is 2.33. The second kappa shape index (κ2) is 7.73. The van der Waals surface area contributed by atoms with Crippen molar-refractivity contribution in [2.24, 2.45) is 0 Å². The molecule has 0 saturated carbocycles. The van der Waals surface area contributed by atoms with E-state index in [-0.39, 0.29) is 6.04 Å². The first kappa shape index (κ1) is 14.5. The SMILES string of the molecule is CCCNC(C#N)CCOc1cc(C)ccc1C. The summed E-state index contributed by atoms with van der Waals surface area (Å²) in [5.74, 6) is 0.919. The summed E-state index contributed by atoms with van der Waals surface area (Å²) in [6.07, 6.45) is 1.75. The lowest BCUT2D eigenvalue weighted by atomic mass is 10.1. The second-order valence-electron chi connectivity index (χ2n) is 4.54. The normalized spacial score (nSPS) is 11.9. The number of hydrogen-bond acceptors (Lipinski definition) is 3. The lowest BCUT2D eigenvalue weighted by Crippen LogP contribution is -2.29. The van der Waals surface area contributed by atoms with Crippen molar-refractivity contribution in [1.29, 1.82) is 5.26 Å². The van der Waals surface area contributed by atoms with Crippen molar-refractivity contribution in [3.05, 3.63) is 29.3 Å². The molecule has 1 unspecified atom stereocenters. The highest BCUT2D eigenvalue weighted by Crippen LogP contribution is 2.19. The first-order chi connectivity index (χ1) is 8.67. The Morgan fingerprint density at radius 3 is 2.83 bits per heavy atom. The fourth-order valence-electron chi connectivity index (χ4n) is 1.68. The maximum Gasteiger partial charge on any atom is 0.122 e. The molecule has 1 aromatic carbocycles. The Morgan fingerprint density at radius 1 is 1.39 bits per heavy atom. The van der Waals surface area contributed by atoms with Gasteiger partial charge in [0.1, 0.15) is 5.75 Å². The summed E-state index contributed by atoms with van der Waals surface area (Å²) in [7, 11) is 0. The molecule has 1 N–H and O–H groups in total. The lowest BCUT2D eigenvalue weighted by molar-refractivity contribution is 0.296. The molecule has 0 bridgehead atoms. The summed E-state index contributed by atoms with van der Waals surface area (Å²) in [6, 6.07) is 8.31. The maximum atomic E-state index is 8.98. The number of nitrogens with zero attached hydrogens (tertiary/aromatic N) is 1. The quantitative estimate of drug-likeness (QED) is 0.804. The molecule has 0 spiro atoms. The molecule has 0 aromatic heterocycles. The molecule has 18 heavy (non-hydrogen) atoms. The van der Waals surface area contributed by atoms with Crippen LogP contribution in [-0.2, 0) is 0 Å². The van der Waals surface area contributed by atoms with Crippen LogP contribution in [0.15, 0.2) is 18.2 Å². The summed E-state index contributed by atoms with van der Waals surface area (Å²) < 4.78 is 5.74. The first-order valence-corrected chi connectivity index (χ1v) is 6.50. The monoisotopic (exact) mass is 246 g/mol. The highest BCUT2D eigenvalue weighted by atomic mass is 16.5. The Labute approximate surface area is 110 Å². The molecule has 0 aliphatic carbocycles. The van der Waals surface area contributed by atoms with Crippen LogP contribution in [0.1, 0.15) is 30.9 Å². The van der Waals surface area contributed by atoms with Crippen LogP contribution in [0.5, 0.6) is 5.75 Å². The van der Waals surface area contributed by atoms with Gasteiger partial charge in [0.15, 0.2) is 0 Å². The van der Waals surface area contributed by atoms with Crippen LogP contribution < -0.4 is 10.1 Å². The molecule has 1 rings (SSSR count). The minimum absolute atomic E-state index is 0.116. The molecule has 0 radical (unpaired) electrons. The average Bonchev–Trinajstić information content (AvgIpc) is 2.37. The van der Waals surface area contributed by atoms with E-state index in [4.69, 9.17) is 10.00 Å². The van der Waals surface area contributed by atoms with E-state index in [0.717, 1.165) is 24.3 Å². The smallest absolute Gasteiger partial charge is 0.122 e. The van der Waals surface area contributed by atoms with Crippen LogP contribution in [0.2, 0.25) is 0 Å². The van der Waals surface area contributed by atoms with Crippen molar-refractivity contribution >= 4 is 0 Å². The van der Waals surface area contributed by atoms with E-state index in [1.54, 1.807) is 0 Å². The van der Waals surface area contributed by atoms with Crippen molar-refractivity contribution in [2.45, 2.75) is 39.7 Å². The van der Waals surface area contributed by atoms with Crippen LogP contribution in [0, 0.1) is 25.2 Å². The van der Waals surface area contributed by atoms with Crippen molar-refractivity contribution in [3.63, 3.8) is 0 Å². The highest BCUT2D eigenvalue weighted by molar-refractivity contribution is 5.35. The van der Waals surface area contributed by atoms with E-state index in [1.165, 1.54) is 5.56 Å². The zero-order valence-electron chi connectivity index (χ0n) is 11.5. The standard InChI is InChI=1S/C15H22N2O/c1-4-8-17-14(11-16)7-9-18-15-10-12(2)5-6-13(15)3/h5-6,10,14,17H,4,7-9H2,1-3H3. The summed E-state index contributed by atoms with van der Waals surface area (Å²) in [6.45, 7) is 7.62. The van der Waals surface area contributed by atoms with E-state index < -0.39 is 0 Å². The van der Waals surface area contributed by atoms with E-state index in [1.807, 2.05) is 19.9 Å². The van der Waals surface area contributed by atoms with Crippen LogP contribution in [-0.4, -0.2) is 19.2 Å². The third kappa shape index (κ3) is 4.77. The molecule has 0 aliphatic rings. The topological polar surface area (TPSA) is 45.0 Å². The van der Waals surface area contributed by atoms with Crippen LogP contribution in [0.25, 0.3) is 0 Å². The molecule has 0 fully saturated rings. The molecule has 98 valence electrons. The zero-order chi connectivity index (χ0) is 13.4. The molecule has 1 aromatic rings. The fourth-order valence-corrected chi connectivity index (χ4v) is 1.68. The van der Waals surface area contributed by atoms with Crippen molar-refractivity contribution in [1.82, 2.24) is 5.32 Å². The third-order valence-electron chi connectivity index (χ3n) is 2.80. The maximum absolute atomic E-state index is 8.98. The Bertz CT molecular complexity index is 409. The second-order valence-corrected chi connectivity index (χ2v) is 4.54. The number of aryl methyl sites for hydroxylation is 2. The molecule has 0 saturated heterocycles. The van der Waals surface area contributed by atoms with Crippen LogP contribution in [0.3, 0.4) is 0 Å². The Kier molecular flexibility index (Phi) is 6.24. The summed E-state index contributed by atoms with van der Waals surface area (Å²) in [4.78, 5) is 0. The minimum atomic E-state index is -0.116. The molecular weight excluding hydrogens is 224 g/mol. The van der Waals surface area contributed by atoms with E-state index in [9.17, 15) is 0 Å². The fraction of sp³-hybridized carbons (Fsp3) is 0.533. The van der Waals surface area contributed by atoms with Gasteiger partial charge in [0.2, 0.25) is 0 Å². The first-order valence-electron chi connectivity index (χ1n) is 6.50. The lowest BCUT2D eigenvalue weighted by Gasteiger charge is -2.13. The van der Waals surface area contributed by atoms with Gasteiger partial charge in [0, 0.05) is 6.42 Å². The van der Waals surface area contributed by atoms with Crippen molar-refractivity contribution in [2.75, 3.05) is 13.2 Å². The zero-order valence-corrected chi connectivity index (χ0v) is 11.5. The molecule has 0 amide bonds. The number of benzene rings is 1. The molecule has 0 heterocycles. The van der Waals surface area contributed by atoms with Crippen molar-refractivity contribution in [3.8, 4) is 11.8 Å². The van der Waals surface area contributed by atoms with Gasteiger partial charge in [-0.1, -0.05) is 19.1 Å². The highest BCUT2D eigenvalue weighted by Gasteiger charge is 2.06. The summed E-state index contributed by atoms with van der Waals surface area (Å²) in [5, 5.41) is 12.2. The van der Waals surface area contributed by atoms with Gasteiger partial charge in [-0.15, -0.1) is 0 Å². The number of nitrogens with one attached hydrogen (secondary N) is 1. The van der Waals surface area contributed by atoms with E-state index >= 15 is 0 Å². The van der Waals surface area contributed by atoms with Gasteiger partial charge in [-0.3, -0.25) is 0 Å². The number of nitriles is 1. The van der Waals surface area contributed by atoms with E-state index in [0.29, 0.717) is 13.0 Å². The Balaban J connectivity index is 2.41. The van der Waals surface area contributed by atoms with Crippen LogP contribution in [0.4, 0.5) is 0 Å². The number of rotatable bonds is 7. The molecule has 3 nitrogen and oxygen atoms in total. The van der Waals surface area contributed by atoms with Crippen LogP contribution >= 0.6 is 0 Å². The van der Waals surface area contributed by atoms with E-state index in [2.05, 4.69) is 30.4 Å². The third-order valence-corrected chi connectivity index (χ3v) is 2.80. The van der Waals surface area contributed by atoms with Gasteiger partial charge in [-0.2, -0.15) is 5.26 Å².